The fourth-order valence-electron chi connectivity index (χ4n) is 4.24. The first-order valence-corrected chi connectivity index (χ1v) is 10.6. The molecule has 0 radical (unpaired) electrons. The lowest BCUT2D eigenvalue weighted by Crippen LogP contribution is -2.70. The number of benzene rings is 1. The average Bonchev–Trinajstić information content (AvgIpc) is 2.77. The third-order valence-electron chi connectivity index (χ3n) is 5.88. The van der Waals surface area contributed by atoms with Crippen molar-refractivity contribution in [2.45, 2.75) is 45.3 Å². The van der Waals surface area contributed by atoms with Gasteiger partial charge in [-0.1, -0.05) is 18.2 Å². The molecule has 2 atom stereocenters. The molecule has 4 amide bonds. The number of carbonyl (C=O) groups is 3. The first-order chi connectivity index (χ1) is 14.9. The predicted octanol–water partition coefficient (Wildman–Crippen LogP) is 2.22. The zero-order chi connectivity index (χ0) is 22.0. The number of imide groups is 1. The maximum Gasteiger partial charge on any atom is 0.327 e. The summed E-state index contributed by atoms with van der Waals surface area (Å²) in [6.07, 6.45) is 4.82. The van der Waals surface area contributed by atoms with Gasteiger partial charge in [-0.25, -0.2) is 4.79 Å². The highest BCUT2D eigenvalue weighted by molar-refractivity contribution is 6.03. The number of piperidine rings is 1. The quantitative estimate of drug-likeness (QED) is 0.772. The molecular formula is C23H27N5O3. The number of aromatic nitrogens is 1. The molecule has 0 aliphatic carbocycles. The first-order valence-electron chi connectivity index (χ1n) is 10.6. The topological polar surface area (TPSA) is 94.6 Å². The number of hydrogen-bond donors (Lipinski definition) is 2. The number of aryl methyl sites for hydroxylation is 2. The molecular weight excluding hydrogens is 394 g/mol. The first kappa shape index (κ1) is 21.0. The number of rotatable bonds is 5. The molecule has 2 aliphatic heterocycles. The number of carbonyl (C=O) groups excluding carboxylic acids is 3. The predicted molar refractivity (Wildman–Crippen MR) is 116 cm³/mol. The smallest absolute Gasteiger partial charge is 0.324 e. The number of urea groups is 1. The SMILES string of the molecule is Cc1ccc(C)c(NC(=O)CN2C(=O)N(Cc3cccnc3)C(=O)C3NCCCC32)c1. The van der Waals surface area contributed by atoms with Crippen LogP contribution < -0.4 is 10.6 Å². The summed E-state index contributed by atoms with van der Waals surface area (Å²) in [7, 11) is 0. The van der Waals surface area contributed by atoms with Crippen LogP contribution in [0.1, 0.15) is 29.5 Å². The summed E-state index contributed by atoms with van der Waals surface area (Å²) in [5.74, 6) is -0.521. The van der Waals surface area contributed by atoms with Crippen molar-refractivity contribution < 1.29 is 14.4 Å². The van der Waals surface area contributed by atoms with Crippen molar-refractivity contribution in [3.63, 3.8) is 0 Å². The van der Waals surface area contributed by atoms with E-state index in [9.17, 15) is 14.4 Å². The molecule has 2 aromatic rings. The molecule has 0 bridgehead atoms. The van der Waals surface area contributed by atoms with Gasteiger partial charge in [-0.3, -0.25) is 19.5 Å². The highest BCUT2D eigenvalue weighted by atomic mass is 16.2. The Morgan fingerprint density at radius 2 is 2.10 bits per heavy atom. The van der Waals surface area contributed by atoms with Crippen LogP contribution in [0.5, 0.6) is 0 Å². The van der Waals surface area contributed by atoms with Crippen molar-refractivity contribution in [1.29, 1.82) is 0 Å². The highest BCUT2D eigenvalue weighted by Crippen LogP contribution is 2.26. The van der Waals surface area contributed by atoms with Crippen LogP contribution in [-0.4, -0.2) is 57.8 Å². The number of nitrogens with one attached hydrogen (secondary N) is 2. The Balaban J connectivity index is 1.55. The maximum absolute atomic E-state index is 13.3. The second kappa shape index (κ2) is 8.85. The summed E-state index contributed by atoms with van der Waals surface area (Å²) in [5, 5.41) is 6.17. The van der Waals surface area contributed by atoms with E-state index in [1.165, 1.54) is 9.80 Å². The van der Waals surface area contributed by atoms with E-state index in [0.29, 0.717) is 13.0 Å². The van der Waals surface area contributed by atoms with Gasteiger partial charge in [0.05, 0.1) is 12.6 Å². The van der Waals surface area contributed by atoms with Gasteiger partial charge in [0.1, 0.15) is 12.6 Å². The number of fused-ring (bicyclic) bond motifs is 1. The molecule has 2 fully saturated rings. The zero-order valence-corrected chi connectivity index (χ0v) is 17.8. The van der Waals surface area contributed by atoms with Crippen molar-refractivity contribution >= 4 is 23.5 Å². The van der Waals surface area contributed by atoms with E-state index in [0.717, 1.165) is 28.8 Å². The Hall–Kier alpha value is -3.26. The van der Waals surface area contributed by atoms with Crippen LogP contribution >= 0.6 is 0 Å². The van der Waals surface area contributed by atoms with Crippen molar-refractivity contribution in [1.82, 2.24) is 20.1 Å². The van der Waals surface area contributed by atoms with Gasteiger partial charge < -0.3 is 15.5 Å². The van der Waals surface area contributed by atoms with E-state index in [2.05, 4.69) is 15.6 Å². The monoisotopic (exact) mass is 421 g/mol. The van der Waals surface area contributed by atoms with Crippen LogP contribution in [0.2, 0.25) is 0 Å². The maximum atomic E-state index is 13.3. The molecule has 1 aromatic heterocycles. The summed E-state index contributed by atoms with van der Waals surface area (Å²) in [6, 6.07) is 8.17. The van der Waals surface area contributed by atoms with Crippen molar-refractivity contribution in [2.24, 2.45) is 0 Å². The van der Waals surface area contributed by atoms with Gasteiger partial charge in [-0.05, 0) is 62.1 Å². The molecule has 4 rings (SSSR count). The third kappa shape index (κ3) is 4.44. The van der Waals surface area contributed by atoms with Crippen molar-refractivity contribution in [3.8, 4) is 0 Å². The number of nitrogens with zero attached hydrogens (tertiary/aromatic N) is 3. The van der Waals surface area contributed by atoms with Crippen LogP contribution in [0.25, 0.3) is 0 Å². The average molecular weight is 422 g/mol. The summed E-state index contributed by atoms with van der Waals surface area (Å²) in [4.78, 5) is 46.1. The summed E-state index contributed by atoms with van der Waals surface area (Å²) in [5.41, 5.74) is 3.49. The molecule has 2 saturated heterocycles. The Morgan fingerprint density at radius 1 is 1.26 bits per heavy atom. The molecule has 0 spiro atoms. The molecule has 31 heavy (non-hydrogen) atoms. The van der Waals surface area contributed by atoms with Gasteiger partial charge in [0.25, 0.3) is 0 Å². The van der Waals surface area contributed by atoms with Gasteiger partial charge in [-0.2, -0.15) is 0 Å². The molecule has 0 saturated carbocycles. The largest absolute Gasteiger partial charge is 0.327 e. The van der Waals surface area contributed by atoms with Gasteiger partial charge in [0, 0.05) is 18.1 Å². The van der Waals surface area contributed by atoms with Crippen molar-refractivity contribution in [3.05, 3.63) is 59.4 Å². The molecule has 3 heterocycles. The Labute approximate surface area is 181 Å². The minimum Gasteiger partial charge on any atom is -0.324 e. The molecule has 2 unspecified atom stereocenters. The van der Waals surface area contributed by atoms with Crippen LogP contribution in [0, 0.1) is 13.8 Å². The van der Waals surface area contributed by atoms with Crippen LogP contribution in [0.3, 0.4) is 0 Å². The fraction of sp³-hybridized carbons (Fsp3) is 0.391. The van der Waals surface area contributed by atoms with E-state index in [1.807, 2.05) is 38.1 Å². The number of pyridine rings is 1. The second-order valence-corrected chi connectivity index (χ2v) is 8.20. The minimum atomic E-state index is -0.503. The normalized spacial score (nSPS) is 21.1. The molecule has 8 nitrogen and oxygen atoms in total. The minimum absolute atomic E-state index is 0.105. The van der Waals surface area contributed by atoms with Gasteiger partial charge in [-0.15, -0.1) is 0 Å². The molecule has 8 heteroatoms. The van der Waals surface area contributed by atoms with Gasteiger partial charge in [0.2, 0.25) is 11.8 Å². The van der Waals surface area contributed by atoms with E-state index in [4.69, 9.17) is 0 Å². The summed E-state index contributed by atoms with van der Waals surface area (Å²) in [6.45, 7) is 4.63. The van der Waals surface area contributed by atoms with E-state index < -0.39 is 12.1 Å². The van der Waals surface area contributed by atoms with Gasteiger partial charge in [0.15, 0.2) is 0 Å². The summed E-state index contributed by atoms with van der Waals surface area (Å²) < 4.78 is 0. The second-order valence-electron chi connectivity index (χ2n) is 8.20. The number of anilines is 1. The van der Waals surface area contributed by atoms with Crippen LogP contribution in [0.15, 0.2) is 42.7 Å². The molecule has 1 aromatic carbocycles. The van der Waals surface area contributed by atoms with Crippen molar-refractivity contribution in [2.75, 3.05) is 18.4 Å². The Bertz CT molecular complexity index is 994. The lowest BCUT2D eigenvalue weighted by Gasteiger charge is -2.46. The highest BCUT2D eigenvalue weighted by Gasteiger charge is 2.47. The van der Waals surface area contributed by atoms with Crippen LogP contribution in [0.4, 0.5) is 10.5 Å². The number of hydrogen-bond acceptors (Lipinski definition) is 5. The molecule has 2 aliphatic rings. The lowest BCUT2D eigenvalue weighted by molar-refractivity contribution is -0.138. The van der Waals surface area contributed by atoms with E-state index in [-0.39, 0.29) is 30.9 Å². The lowest BCUT2D eigenvalue weighted by atomic mass is 9.93. The third-order valence-corrected chi connectivity index (χ3v) is 5.88. The van der Waals surface area contributed by atoms with Gasteiger partial charge >= 0.3 is 6.03 Å². The summed E-state index contributed by atoms with van der Waals surface area (Å²) >= 11 is 0. The Morgan fingerprint density at radius 3 is 2.87 bits per heavy atom. The Kier molecular flexibility index (Phi) is 5.99. The standard InChI is InChI=1S/C23H27N5O3/c1-15-7-8-16(2)18(11-15)26-20(29)14-27-19-6-4-10-25-21(19)22(30)28(23(27)31)13-17-5-3-9-24-12-17/h3,5,7-9,11-12,19,21,25H,4,6,10,13-14H2,1-2H3,(H,26,29). The fourth-order valence-corrected chi connectivity index (χ4v) is 4.24. The van der Waals surface area contributed by atoms with E-state index >= 15 is 0 Å². The molecule has 162 valence electrons. The van der Waals surface area contributed by atoms with Crippen LogP contribution in [-0.2, 0) is 16.1 Å². The molecule has 2 N–H and O–H groups in total. The van der Waals surface area contributed by atoms with E-state index in [1.54, 1.807) is 18.5 Å². The zero-order valence-electron chi connectivity index (χ0n) is 17.8. The number of amides is 4.